The number of aromatic nitrogens is 1. The van der Waals surface area contributed by atoms with Crippen LogP contribution in [0, 0.1) is 17.0 Å². The molecule has 2 rings (SSSR count). The van der Waals surface area contributed by atoms with Crippen molar-refractivity contribution in [3.05, 3.63) is 54.4 Å². The molecule has 0 bridgehead atoms. The zero-order chi connectivity index (χ0) is 16.1. The summed E-state index contributed by atoms with van der Waals surface area (Å²) < 4.78 is 0.387. The van der Waals surface area contributed by atoms with Gasteiger partial charge in [-0.25, -0.2) is 10.4 Å². The van der Waals surface area contributed by atoms with Crippen LogP contribution in [0.3, 0.4) is 0 Å². The molecule has 0 radical (unpaired) electrons. The molecule has 1 heterocycles. The van der Waals surface area contributed by atoms with Crippen molar-refractivity contribution in [2.75, 3.05) is 0 Å². The predicted octanol–water partition coefficient (Wildman–Crippen LogP) is 2.82. The zero-order valence-corrected chi connectivity index (χ0v) is 13.8. The molecule has 0 aliphatic rings. The van der Waals surface area contributed by atoms with Gasteiger partial charge in [-0.2, -0.15) is 5.10 Å². The first-order valence-corrected chi connectivity index (χ1v) is 7.80. The molecule has 9 heteroatoms. The Morgan fingerprint density at radius 2 is 2.36 bits per heavy atom. The van der Waals surface area contributed by atoms with E-state index in [2.05, 4.69) is 31.4 Å². The van der Waals surface area contributed by atoms with Crippen molar-refractivity contribution < 1.29 is 9.72 Å². The average molecular weight is 383 g/mol. The molecule has 0 atom stereocenters. The van der Waals surface area contributed by atoms with Crippen molar-refractivity contribution >= 4 is 45.1 Å². The number of carbonyl (C=O) groups is 1. The highest BCUT2D eigenvalue weighted by atomic mass is 79.9. The van der Waals surface area contributed by atoms with Crippen LogP contribution < -0.4 is 5.43 Å². The van der Waals surface area contributed by atoms with Crippen LogP contribution in [-0.4, -0.2) is 22.0 Å². The van der Waals surface area contributed by atoms with Gasteiger partial charge in [-0.15, -0.1) is 11.3 Å². The molecule has 7 nitrogen and oxygen atoms in total. The third-order valence-corrected chi connectivity index (χ3v) is 4.07. The maximum atomic E-state index is 11.7. The first-order chi connectivity index (χ1) is 10.5. The van der Waals surface area contributed by atoms with Gasteiger partial charge in [-0.05, 0) is 28.9 Å². The fraction of sp³-hybridized carbons (Fsp3) is 0.154. The second-order valence-corrected chi connectivity index (χ2v) is 6.21. The summed E-state index contributed by atoms with van der Waals surface area (Å²) in [6.07, 6.45) is 1.49. The van der Waals surface area contributed by atoms with Crippen LogP contribution in [0.1, 0.15) is 16.3 Å². The number of carbonyl (C=O) groups excluding carboxylic acids is 1. The molecule has 0 aliphatic heterocycles. The summed E-state index contributed by atoms with van der Waals surface area (Å²) in [5.41, 5.74) is 3.51. The average Bonchev–Trinajstić information content (AvgIpc) is 2.85. The molecule has 114 valence electrons. The fourth-order valence-corrected chi connectivity index (χ4v) is 2.63. The Labute approximate surface area is 138 Å². The normalized spacial score (nSPS) is 10.8. The standard InChI is InChI=1S/C13H11BrN4O3S/c1-8-16-10(7-22-8)5-13(19)17-15-6-9-2-3-11(14)12(4-9)18(20)21/h2-4,6-7H,5H2,1H3,(H,17,19)/b15-6-. The number of nitrogens with one attached hydrogen (secondary N) is 1. The number of nitrogens with zero attached hydrogens (tertiary/aromatic N) is 3. The van der Waals surface area contributed by atoms with Gasteiger partial charge in [0.2, 0.25) is 5.91 Å². The molecular weight excluding hydrogens is 372 g/mol. The van der Waals surface area contributed by atoms with Crippen LogP contribution in [0.25, 0.3) is 0 Å². The number of amides is 1. The fourth-order valence-electron chi connectivity index (χ4n) is 1.62. The lowest BCUT2D eigenvalue weighted by molar-refractivity contribution is -0.385. The Kier molecular flexibility index (Phi) is 5.34. The third-order valence-electron chi connectivity index (χ3n) is 2.58. The molecule has 0 saturated carbocycles. The topological polar surface area (TPSA) is 97.5 Å². The minimum absolute atomic E-state index is 0.0618. The summed E-state index contributed by atoms with van der Waals surface area (Å²) in [6.45, 7) is 1.87. The first kappa shape index (κ1) is 16.2. The molecule has 1 aromatic carbocycles. The number of aryl methyl sites for hydroxylation is 1. The number of nitro benzene ring substituents is 1. The number of halogens is 1. The van der Waals surface area contributed by atoms with E-state index >= 15 is 0 Å². The monoisotopic (exact) mass is 382 g/mol. The van der Waals surface area contributed by atoms with Gasteiger partial charge < -0.3 is 0 Å². The van der Waals surface area contributed by atoms with Gasteiger partial charge >= 0.3 is 0 Å². The third kappa shape index (κ3) is 4.43. The number of hydrogen-bond acceptors (Lipinski definition) is 6. The lowest BCUT2D eigenvalue weighted by Gasteiger charge is -1.98. The van der Waals surface area contributed by atoms with Gasteiger partial charge in [0.15, 0.2) is 0 Å². The van der Waals surface area contributed by atoms with Crippen molar-refractivity contribution in [2.45, 2.75) is 13.3 Å². The number of nitro groups is 1. The Morgan fingerprint density at radius 3 is 3.00 bits per heavy atom. The molecule has 1 amide bonds. The number of benzene rings is 1. The molecule has 1 N–H and O–H groups in total. The summed E-state index contributed by atoms with van der Waals surface area (Å²) in [5.74, 6) is -0.298. The van der Waals surface area contributed by atoms with E-state index in [4.69, 9.17) is 0 Å². The molecule has 0 unspecified atom stereocenters. The molecule has 0 saturated heterocycles. The van der Waals surface area contributed by atoms with Crippen LogP contribution in [0.2, 0.25) is 0 Å². The minimum Gasteiger partial charge on any atom is -0.273 e. The summed E-state index contributed by atoms with van der Waals surface area (Å²) in [4.78, 5) is 26.2. The second-order valence-electron chi connectivity index (χ2n) is 4.30. The van der Waals surface area contributed by atoms with Crippen LogP contribution >= 0.6 is 27.3 Å². The van der Waals surface area contributed by atoms with E-state index < -0.39 is 4.92 Å². The number of hydrazone groups is 1. The van der Waals surface area contributed by atoms with Gasteiger partial charge in [-0.1, -0.05) is 6.07 Å². The van der Waals surface area contributed by atoms with Crippen molar-refractivity contribution in [2.24, 2.45) is 5.10 Å². The SMILES string of the molecule is Cc1nc(CC(=O)N/N=C\c2ccc(Br)c([N+](=O)[O-])c2)cs1. The highest BCUT2D eigenvalue weighted by Gasteiger charge is 2.11. The van der Waals surface area contributed by atoms with E-state index in [0.717, 1.165) is 5.01 Å². The quantitative estimate of drug-likeness (QED) is 0.488. The maximum Gasteiger partial charge on any atom is 0.284 e. The molecule has 2 aromatic rings. The van der Waals surface area contributed by atoms with E-state index in [0.29, 0.717) is 15.7 Å². The molecule has 0 aliphatic carbocycles. The Bertz CT molecular complexity index is 745. The predicted molar refractivity (Wildman–Crippen MR) is 87.1 cm³/mol. The van der Waals surface area contributed by atoms with E-state index in [1.165, 1.54) is 23.6 Å². The van der Waals surface area contributed by atoms with Gasteiger partial charge in [0.05, 0.1) is 32.7 Å². The summed E-state index contributed by atoms with van der Waals surface area (Å²) >= 11 is 4.57. The van der Waals surface area contributed by atoms with E-state index in [9.17, 15) is 14.9 Å². The zero-order valence-electron chi connectivity index (χ0n) is 11.4. The van der Waals surface area contributed by atoms with Crippen LogP contribution in [0.15, 0.2) is 33.2 Å². The summed E-state index contributed by atoms with van der Waals surface area (Å²) in [7, 11) is 0. The van der Waals surface area contributed by atoms with Crippen molar-refractivity contribution in [1.29, 1.82) is 0 Å². The summed E-state index contributed by atoms with van der Waals surface area (Å²) in [6, 6.07) is 4.57. The molecule has 0 fully saturated rings. The maximum absolute atomic E-state index is 11.7. The number of hydrogen-bond donors (Lipinski definition) is 1. The summed E-state index contributed by atoms with van der Waals surface area (Å²) in [5, 5.41) is 17.3. The van der Waals surface area contributed by atoms with E-state index in [1.807, 2.05) is 12.3 Å². The molecule has 22 heavy (non-hydrogen) atoms. The van der Waals surface area contributed by atoms with Crippen molar-refractivity contribution in [1.82, 2.24) is 10.4 Å². The minimum atomic E-state index is -0.495. The molecule has 0 spiro atoms. The van der Waals surface area contributed by atoms with Crippen LogP contribution in [0.4, 0.5) is 5.69 Å². The van der Waals surface area contributed by atoms with Crippen LogP contribution in [-0.2, 0) is 11.2 Å². The van der Waals surface area contributed by atoms with Gasteiger partial charge in [0.25, 0.3) is 5.69 Å². The lowest BCUT2D eigenvalue weighted by Crippen LogP contribution is -2.19. The highest BCUT2D eigenvalue weighted by molar-refractivity contribution is 9.10. The van der Waals surface area contributed by atoms with Gasteiger partial charge in [0, 0.05) is 17.0 Å². The van der Waals surface area contributed by atoms with E-state index in [-0.39, 0.29) is 18.0 Å². The van der Waals surface area contributed by atoms with Crippen molar-refractivity contribution in [3.8, 4) is 0 Å². The highest BCUT2D eigenvalue weighted by Crippen LogP contribution is 2.24. The number of thiazole rings is 1. The Balaban J connectivity index is 1.96. The van der Waals surface area contributed by atoms with Crippen LogP contribution in [0.5, 0.6) is 0 Å². The smallest absolute Gasteiger partial charge is 0.273 e. The van der Waals surface area contributed by atoms with Gasteiger partial charge in [-0.3, -0.25) is 14.9 Å². The Hall–Kier alpha value is -2.13. The lowest BCUT2D eigenvalue weighted by atomic mass is 10.2. The second kappa shape index (κ2) is 7.23. The Morgan fingerprint density at radius 1 is 1.59 bits per heavy atom. The largest absolute Gasteiger partial charge is 0.284 e. The first-order valence-electron chi connectivity index (χ1n) is 6.12. The number of rotatable bonds is 5. The van der Waals surface area contributed by atoms with Gasteiger partial charge in [0.1, 0.15) is 0 Å². The van der Waals surface area contributed by atoms with E-state index in [1.54, 1.807) is 12.1 Å². The van der Waals surface area contributed by atoms with Crippen molar-refractivity contribution in [3.63, 3.8) is 0 Å². The molecule has 1 aromatic heterocycles. The molecular formula is C13H11BrN4O3S.